The van der Waals surface area contributed by atoms with Gasteiger partial charge >= 0.3 is 0 Å². The SMILES string of the molecule is CCN1CCN(C(=O)CCc2nn3c(C(C)C)nnc3s2)CC1. The van der Waals surface area contributed by atoms with Crippen LogP contribution in [0.4, 0.5) is 0 Å². The number of piperazine rings is 1. The van der Waals surface area contributed by atoms with Crippen molar-refractivity contribution in [1.82, 2.24) is 29.6 Å². The molecule has 23 heavy (non-hydrogen) atoms. The topological polar surface area (TPSA) is 66.6 Å². The van der Waals surface area contributed by atoms with Crippen LogP contribution in [-0.2, 0) is 11.2 Å². The fraction of sp³-hybridized carbons (Fsp3) is 0.733. The molecule has 2 aromatic rings. The molecule has 3 heterocycles. The third-order valence-electron chi connectivity index (χ3n) is 4.30. The molecule has 0 aliphatic carbocycles. The van der Waals surface area contributed by atoms with Crippen molar-refractivity contribution in [1.29, 1.82) is 0 Å². The molecule has 1 amide bonds. The summed E-state index contributed by atoms with van der Waals surface area (Å²) in [6.07, 6.45) is 1.20. The van der Waals surface area contributed by atoms with E-state index in [1.165, 1.54) is 11.3 Å². The third-order valence-corrected chi connectivity index (χ3v) is 5.26. The highest BCUT2D eigenvalue weighted by atomic mass is 32.1. The molecule has 1 aliphatic heterocycles. The molecule has 126 valence electrons. The Labute approximate surface area is 140 Å². The Hall–Kier alpha value is -1.54. The number of carbonyl (C=O) groups excluding carboxylic acids is 1. The first-order valence-electron chi connectivity index (χ1n) is 8.29. The molecule has 0 saturated carbocycles. The van der Waals surface area contributed by atoms with Gasteiger partial charge in [-0.2, -0.15) is 9.61 Å². The number of likely N-dealkylation sites (N-methyl/N-ethyl adjacent to an activating group) is 1. The summed E-state index contributed by atoms with van der Waals surface area (Å²) in [4.78, 5) is 17.5. The number of aromatic nitrogens is 4. The Morgan fingerprint density at radius 3 is 2.61 bits per heavy atom. The molecule has 3 rings (SSSR count). The van der Waals surface area contributed by atoms with E-state index in [-0.39, 0.29) is 11.8 Å². The number of nitrogens with zero attached hydrogens (tertiary/aromatic N) is 6. The summed E-state index contributed by atoms with van der Waals surface area (Å²) >= 11 is 1.53. The second kappa shape index (κ2) is 6.92. The van der Waals surface area contributed by atoms with Crippen molar-refractivity contribution in [2.75, 3.05) is 32.7 Å². The molecule has 0 N–H and O–H groups in total. The average Bonchev–Trinajstić information content (AvgIpc) is 3.12. The standard InChI is InChI=1S/C15H24N6OS/c1-4-19-7-9-20(10-8-19)13(22)6-5-12-18-21-14(11(2)3)16-17-15(21)23-12/h11H,4-10H2,1-3H3. The van der Waals surface area contributed by atoms with Crippen molar-refractivity contribution >= 4 is 22.2 Å². The Morgan fingerprint density at radius 1 is 1.22 bits per heavy atom. The lowest BCUT2D eigenvalue weighted by molar-refractivity contribution is -0.132. The number of hydrogen-bond acceptors (Lipinski definition) is 6. The summed E-state index contributed by atoms with van der Waals surface area (Å²) < 4.78 is 1.81. The predicted molar refractivity (Wildman–Crippen MR) is 89.8 cm³/mol. The van der Waals surface area contributed by atoms with Crippen LogP contribution in [0.5, 0.6) is 0 Å². The summed E-state index contributed by atoms with van der Waals surface area (Å²) in [6.45, 7) is 11.0. The van der Waals surface area contributed by atoms with Crippen LogP contribution in [-0.4, -0.2) is 68.2 Å². The monoisotopic (exact) mass is 336 g/mol. The first-order chi connectivity index (χ1) is 11.1. The summed E-state index contributed by atoms with van der Waals surface area (Å²) in [5.41, 5.74) is 0. The molecule has 1 aliphatic rings. The summed E-state index contributed by atoms with van der Waals surface area (Å²) in [6, 6.07) is 0. The summed E-state index contributed by atoms with van der Waals surface area (Å²) in [7, 11) is 0. The molecule has 0 spiro atoms. The van der Waals surface area contributed by atoms with Gasteiger partial charge in [0, 0.05) is 44.9 Å². The lowest BCUT2D eigenvalue weighted by Gasteiger charge is -2.34. The van der Waals surface area contributed by atoms with Crippen molar-refractivity contribution in [2.24, 2.45) is 0 Å². The minimum Gasteiger partial charge on any atom is -0.340 e. The van der Waals surface area contributed by atoms with Gasteiger partial charge in [-0.15, -0.1) is 10.2 Å². The van der Waals surface area contributed by atoms with Crippen LogP contribution in [0.1, 0.15) is 43.9 Å². The van der Waals surface area contributed by atoms with Crippen LogP contribution in [0.15, 0.2) is 0 Å². The number of fused-ring (bicyclic) bond motifs is 1. The normalized spacial score (nSPS) is 16.6. The minimum absolute atomic E-state index is 0.232. The van der Waals surface area contributed by atoms with E-state index in [9.17, 15) is 4.79 Å². The minimum atomic E-state index is 0.232. The van der Waals surface area contributed by atoms with E-state index in [1.54, 1.807) is 0 Å². The van der Waals surface area contributed by atoms with E-state index >= 15 is 0 Å². The van der Waals surface area contributed by atoms with Crippen LogP contribution in [0, 0.1) is 0 Å². The smallest absolute Gasteiger partial charge is 0.234 e. The van der Waals surface area contributed by atoms with Crippen LogP contribution < -0.4 is 0 Å². The molecule has 1 fully saturated rings. The highest BCUT2D eigenvalue weighted by molar-refractivity contribution is 7.16. The average molecular weight is 336 g/mol. The molecular weight excluding hydrogens is 312 g/mol. The molecule has 2 aromatic heterocycles. The van der Waals surface area contributed by atoms with Crippen LogP contribution in [0.2, 0.25) is 0 Å². The number of carbonyl (C=O) groups is 1. The van der Waals surface area contributed by atoms with Gasteiger partial charge in [-0.05, 0) is 6.54 Å². The van der Waals surface area contributed by atoms with Crippen LogP contribution >= 0.6 is 11.3 Å². The second-order valence-corrected chi connectivity index (χ2v) is 7.26. The van der Waals surface area contributed by atoms with E-state index in [2.05, 4.69) is 41.0 Å². The first-order valence-corrected chi connectivity index (χ1v) is 9.11. The van der Waals surface area contributed by atoms with Crippen molar-refractivity contribution in [3.63, 3.8) is 0 Å². The molecule has 8 heteroatoms. The Kier molecular flexibility index (Phi) is 4.91. The molecule has 0 atom stereocenters. The highest BCUT2D eigenvalue weighted by Crippen LogP contribution is 2.19. The van der Waals surface area contributed by atoms with Gasteiger partial charge in [0.15, 0.2) is 5.82 Å². The van der Waals surface area contributed by atoms with E-state index in [4.69, 9.17) is 0 Å². The van der Waals surface area contributed by atoms with Gasteiger partial charge in [0.1, 0.15) is 5.01 Å². The fourth-order valence-electron chi connectivity index (χ4n) is 2.82. The zero-order valence-electron chi connectivity index (χ0n) is 14.0. The first kappa shape index (κ1) is 16.3. The Balaban J connectivity index is 1.57. The zero-order valence-corrected chi connectivity index (χ0v) is 14.8. The Bertz CT molecular complexity index is 671. The van der Waals surface area contributed by atoms with Gasteiger partial charge in [-0.25, -0.2) is 0 Å². The van der Waals surface area contributed by atoms with Gasteiger partial charge in [0.25, 0.3) is 0 Å². The van der Waals surface area contributed by atoms with Crippen molar-refractivity contribution in [3.8, 4) is 0 Å². The maximum absolute atomic E-state index is 12.3. The summed E-state index contributed by atoms with van der Waals surface area (Å²) in [5, 5.41) is 13.8. The summed E-state index contributed by atoms with van der Waals surface area (Å²) in [5.74, 6) is 1.40. The predicted octanol–water partition coefficient (Wildman–Crippen LogP) is 1.41. The largest absolute Gasteiger partial charge is 0.340 e. The van der Waals surface area contributed by atoms with E-state index in [0.717, 1.165) is 48.5 Å². The maximum atomic E-state index is 12.3. The molecule has 1 saturated heterocycles. The molecule has 7 nitrogen and oxygen atoms in total. The van der Waals surface area contributed by atoms with Crippen LogP contribution in [0.25, 0.3) is 4.96 Å². The van der Waals surface area contributed by atoms with Gasteiger partial charge in [-0.3, -0.25) is 4.79 Å². The second-order valence-electron chi connectivity index (χ2n) is 6.22. The fourth-order valence-corrected chi connectivity index (χ4v) is 3.66. The van der Waals surface area contributed by atoms with Crippen LogP contribution in [0.3, 0.4) is 0 Å². The molecule has 0 radical (unpaired) electrons. The quantitative estimate of drug-likeness (QED) is 0.826. The lowest BCUT2D eigenvalue weighted by atomic mass is 10.2. The van der Waals surface area contributed by atoms with Crippen molar-refractivity contribution in [2.45, 2.75) is 39.5 Å². The lowest BCUT2D eigenvalue weighted by Crippen LogP contribution is -2.48. The Morgan fingerprint density at radius 2 is 1.96 bits per heavy atom. The molecule has 0 aromatic carbocycles. The van der Waals surface area contributed by atoms with Gasteiger partial charge < -0.3 is 9.80 Å². The number of rotatable bonds is 5. The van der Waals surface area contributed by atoms with E-state index in [0.29, 0.717) is 12.8 Å². The highest BCUT2D eigenvalue weighted by Gasteiger charge is 2.21. The third kappa shape index (κ3) is 3.53. The van der Waals surface area contributed by atoms with Gasteiger partial charge in [0.2, 0.25) is 10.9 Å². The van der Waals surface area contributed by atoms with E-state index in [1.807, 2.05) is 9.42 Å². The number of hydrogen-bond donors (Lipinski definition) is 0. The molecule has 0 bridgehead atoms. The van der Waals surface area contributed by atoms with Gasteiger partial charge in [-0.1, -0.05) is 32.1 Å². The number of amides is 1. The van der Waals surface area contributed by atoms with Crippen molar-refractivity contribution < 1.29 is 4.79 Å². The van der Waals surface area contributed by atoms with Crippen molar-refractivity contribution in [3.05, 3.63) is 10.8 Å². The molecule has 0 unspecified atom stereocenters. The van der Waals surface area contributed by atoms with Gasteiger partial charge in [0.05, 0.1) is 0 Å². The molecular formula is C15H24N6OS. The number of aryl methyl sites for hydroxylation is 1. The maximum Gasteiger partial charge on any atom is 0.234 e. The zero-order chi connectivity index (χ0) is 16.4. The van der Waals surface area contributed by atoms with E-state index < -0.39 is 0 Å².